The van der Waals surface area contributed by atoms with Crippen LogP contribution in [-0.2, 0) is 20.7 Å². The molecule has 0 aromatic heterocycles. The Labute approximate surface area is 262 Å². The highest BCUT2D eigenvalue weighted by Gasteiger charge is 2.32. The van der Waals surface area contributed by atoms with E-state index >= 15 is 0 Å². The summed E-state index contributed by atoms with van der Waals surface area (Å²) >= 11 is 0. The zero-order valence-electron chi connectivity index (χ0n) is 28.0. The molecular formula is C35H51FN4O4. The molecule has 1 amide bonds. The highest BCUT2D eigenvalue weighted by molar-refractivity contribution is 5.84. The van der Waals surface area contributed by atoms with Crippen LogP contribution in [0.3, 0.4) is 0 Å². The number of rotatable bonds is 11. The maximum Gasteiger partial charge on any atom is 0.408 e. The fourth-order valence-corrected chi connectivity index (χ4v) is 4.45. The lowest BCUT2D eigenvalue weighted by atomic mass is 9.81. The molecule has 8 nitrogen and oxygen atoms in total. The fourth-order valence-electron chi connectivity index (χ4n) is 4.45. The van der Waals surface area contributed by atoms with Crippen molar-refractivity contribution in [2.45, 2.75) is 105 Å². The summed E-state index contributed by atoms with van der Waals surface area (Å²) in [5, 5.41) is 6.21. The predicted molar refractivity (Wildman–Crippen MR) is 176 cm³/mol. The number of alkyl carbamates (subject to hydrolysis) is 1. The molecule has 4 N–H and O–H groups in total. The van der Waals surface area contributed by atoms with Gasteiger partial charge in [0, 0.05) is 29.9 Å². The minimum Gasteiger partial charge on any atom is -0.458 e. The topological polar surface area (TPSA) is 115 Å². The highest BCUT2D eigenvalue weighted by Crippen LogP contribution is 2.28. The molecular weight excluding hydrogens is 559 g/mol. The number of halogens is 1. The van der Waals surface area contributed by atoms with Crippen molar-refractivity contribution in [1.82, 2.24) is 10.6 Å². The Kier molecular flexibility index (Phi) is 12.7. The van der Waals surface area contributed by atoms with Gasteiger partial charge in [0.2, 0.25) is 0 Å². The van der Waals surface area contributed by atoms with Crippen LogP contribution in [0.25, 0.3) is 0 Å². The number of carbonyl (C=O) groups excluding carboxylic acids is 2. The Morgan fingerprint density at radius 1 is 0.955 bits per heavy atom. The second-order valence-electron chi connectivity index (χ2n) is 14.1. The van der Waals surface area contributed by atoms with E-state index in [2.05, 4.69) is 36.4 Å². The first-order valence-electron chi connectivity index (χ1n) is 15.0. The van der Waals surface area contributed by atoms with Gasteiger partial charge in [0.1, 0.15) is 23.1 Å². The number of allylic oxidation sites excluding steroid dienone is 1. The van der Waals surface area contributed by atoms with Gasteiger partial charge in [-0.3, -0.25) is 4.99 Å². The number of carbonyl (C=O) groups is 2. The standard InChI is InChI=1S/C35H51FN4O4/c1-23-16-17-26(36)29(20-23)39-22-25(27(37)21-24-14-12-11-13-15-24)30(33(2,3)4)38-19-18-28(31(41)43-34(5,6)7)40-32(42)44-35(8,9)10/h11-17,20,22,28,30,38H,18-19,21,37H2,1-10H3,(H,40,42)/t28-,30-/m0/s1. The molecule has 44 heavy (non-hydrogen) atoms. The number of ether oxygens (including phenoxy) is 2. The van der Waals surface area contributed by atoms with Gasteiger partial charge >= 0.3 is 12.1 Å². The first kappa shape index (κ1) is 36.5. The molecule has 2 atom stereocenters. The average molecular weight is 611 g/mol. The van der Waals surface area contributed by atoms with E-state index in [0.717, 1.165) is 11.1 Å². The van der Waals surface area contributed by atoms with Gasteiger partial charge in [-0.25, -0.2) is 14.0 Å². The van der Waals surface area contributed by atoms with Gasteiger partial charge in [0.15, 0.2) is 0 Å². The number of hydrogen-bond donors (Lipinski definition) is 3. The van der Waals surface area contributed by atoms with Crippen molar-refractivity contribution in [3.8, 4) is 0 Å². The number of aliphatic imine (C=N–C) groups is 1. The third-order valence-corrected chi connectivity index (χ3v) is 6.39. The number of nitrogens with two attached hydrogens (primary N) is 1. The summed E-state index contributed by atoms with van der Waals surface area (Å²) in [5.41, 5.74) is 8.33. The van der Waals surface area contributed by atoms with Crippen molar-refractivity contribution in [2.24, 2.45) is 16.1 Å². The van der Waals surface area contributed by atoms with Gasteiger partial charge in [-0.1, -0.05) is 57.2 Å². The Morgan fingerprint density at radius 2 is 1.57 bits per heavy atom. The van der Waals surface area contributed by atoms with Crippen LogP contribution in [0, 0.1) is 18.2 Å². The largest absolute Gasteiger partial charge is 0.458 e. The molecule has 9 heteroatoms. The first-order chi connectivity index (χ1) is 20.2. The minimum absolute atomic E-state index is 0.217. The van der Waals surface area contributed by atoms with Gasteiger partial charge in [-0.2, -0.15) is 0 Å². The van der Waals surface area contributed by atoms with Gasteiger partial charge in [0.05, 0.1) is 5.69 Å². The van der Waals surface area contributed by atoms with Gasteiger partial charge in [0.25, 0.3) is 0 Å². The SMILES string of the molecule is Cc1ccc(F)c(N=CC(=C(N)Cc2ccccc2)[C@H](NCC[C@H](NC(=O)OC(C)(C)C)C(=O)OC(C)(C)C)C(C)(C)C)c1. The first-order valence-corrected chi connectivity index (χ1v) is 15.0. The monoisotopic (exact) mass is 610 g/mol. The molecule has 2 rings (SSSR count). The fraction of sp³-hybridized carbons (Fsp3) is 0.514. The summed E-state index contributed by atoms with van der Waals surface area (Å²) in [6.45, 7) is 18.9. The molecule has 0 spiro atoms. The van der Waals surface area contributed by atoms with Gasteiger partial charge in [-0.05, 0) is 90.1 Å². The highest BCUT2D eigenvalue weighted by atomic mass is 19.1. The van der Waals surface area contributed by atoms with Crippen LogP contribution in [0.1, 0.15) is 79.9 Å². The number of hydrogen-bond acceptors (Lipinski definition) is 7. The van der Waals surface area contributed by atoms with E-state index in [1.54, 1.807) is 59.9 Å². The van der Waals surface area contributed by atoms with Crippen LogP contribution in [-0.4, -0.2) is 48.1 Å². The molecule has 0 saturated carbocycles. The van der Waals surface area contributed by atoms with Gasteiger partial charge < -0.3 is 25.8 Å². The number of nitrogens with zero attached hydrogens (tertiary/aromatic N) is 1. The summed E-state index contributed by atoms with van der Waals surface area (Å²) in [6.07, 6.45) is 1.60. The lowest BCUT2D eigenvalue weighted by Gasteiger charge is -2.34. The minimum atomic E-state index is -0.957. The van der Waals surface area contributed by atoms with E-state index < -0.39 is 35.1 Å². The number of amides is 1. The van der Waals surface area contributed by atoms with Crippen molar-refractivity contribution in [1.29, 1.82) is 0 Å². The number of nitrogens with one attached hydrogen (secondary N) is 2. The van der Waals surface area contributed by atoms with E-state index in [-0.39, 0.29) is 23.6 Å². The van der Waals surface area contributed by atoms with Crippen LogP contribution in [0.15, 0.2) is 64.8 Å². The lowest BCUT2D eigenvalue weighted by molar-refractivity contribution is -0.157. The third kappa shape index (κ3) is 12.9. The average Bonchev–Trinajstić information content (AvgIpc) is 2.86. The summed E-state index contributed by atoms with van der Waals surface area (Å²) in [7, 11) is 0. The van der Waals surface area contributed by atoms with Crippen molar-refractivity contribution >= 4 is 24.0 Å². The zero-order valence-corrected chi connectivity index (χ0v) is 28.0. The molecule has 0 saturated heterocycles. The van der Waals surface area contributed by atoms with Crippen molar-refractivity contribution in [3.05, 3.63) is 76.7 Å². The van der Waals surface area contributed by atoms with E-state index in [0.29, 0.717) is 24.2 Å². The smallest absolute Gasteiger partial charge is 0.408 e. The second kappa shape index (κ2) is 15.3. The van der Waals surface area contributed by atoms with Crippen LogP contribution in [0.2, 0.25) is 0 Å². The molecule has 0 heterocycles. The number of esters is 1. The van der Waals surface area contributed by atoms with Crippen LogP contribution in [0.5, 0.6) is 0 Å². The molecule has 242 valence electrons. The molecule has 0 fully saturated rings. The Bertz CT molecular complexity index is 1320. The van der Waals surface area contributed by atoms with Crippen molar-refractivity contribution in [2.75, 3.05) is 6.54 Å². The Hall–Kier alpha value is -3.72. The van der Waals surface area contributed by atoms with Crippen molar-refractivity contribution < 1.29 is 23.5 Å². The third-order valence-electron chi connectivity index (χ3n) is 6.39. The molecule has 0 aliphatic heterocycles. The van der Waals surface area contributed by atoms with E-state index in [9.17, 15) is 14.0 Å². The molecule has 0 bridgehead atoms. The maximum absolute atomic E-state index is 14.6. The molecule has 0 aliphatic rings. The summed E-state index contributed by atoms with van der Waals surface area (Å²) < 4.78 is 25.6. The number of benzene rings is 2. The van der Waals surface area contributed by atoms with E-state index in [1.807, 2.05) is 37.3 Å². The maximum atomic E-state index is 14.6. The predicted octanol–water partition coefficient (Wildman–Crippen LogP) is 6.92. The van der Waals surface area contributed by atoms with Crippen LogP contribution in [0.4, 0.5) is 14.9 Å². The molecule has 2 aromatic rings. The van der Waals surface area contributed by atoms with Crippen LogP contribution < -0.4 is 16.4 Å². The quantitative estimate of drug-likeness (QED) is 0.188. The van der Waals surface area contributed by atoms with Gasteiger partial charge in [-0.15, -0.1) is 0 Å². The Balaban J connectivity index is 2.42. The summed E-state index contributed by atoms with van der Waals surface area (Å²) in [4.78, 5) is 30.2. The summed E-state index contributed by atoms with van der Waals surface area (Å²) in [5.74, 6) is -0.991. The lowest BCUT2D eigenvalue weighted by Crippen LogP contribution is -2.49. The van der Waals surface area contributed by atoms with E-state index in [1.165, 1.54) is 6.07 Å². The van der Waals surface area contributed by atoms with Crippen molar-refractivity contribution in [3.63, 3.8) is 0 Å². The molecule has 0 unspecified atom stereocenters. The zero-order chi connectivity index (χ0) is 33.3. The van der Waals surface area contributed by atoms with E-state index in [4.69, 9.17) is 15.2 Å². The van der Waals surface area contributed by atoms with Crippen LogP contribution >= 0.6 is 0 Å². The molecule has 2 aromatic carbocycles. The normalized spacial score (nSPS) is 14.5. The Morgan fingerprint density at radius 3 is 2.14 bits per heavy atom. The second-order valence-corrected chi connectivity index (χ2v) is 14.1. The molecule has 0 aliphatic carbocycles. The molecule has 0 radical (unpaired) electrons. The number of aryl methyl sites for hydroxylation is 1. The summed E-state index contributed by atoms with van der Waals surface area (Å²) in [6, 6.07) is 13.3.